The SMILES string of the molecule is Cc1cccc(NC(=O)Nc2cccc(Cl)c2C(F)(F)F)c1-c1nn(NCCN2CCOCC2)c2ncnc(C)c12. The first-order valence-electron chi connectivity index (χ1n) is 12.9. The van der Waals surface area contributed by atoms with Crippen molar-refractivity contribution in [2.24, 2.45) is 0 Å². The summed E-state index contributed by atoms with van der Waals surface area (Å²) in [4.78, 5) is 25.7. The molecule has 2 aromatic heterocycles. The molecular weight excluding hydrogens is 561 g/mol. The number of carbonyl (C=O) groups is 1. The van der Waals surface area contributed by atoms with Gasteiger partial charge in [-0.15, -0.1) is 5.10 Å². The molecule has 0 spiro atoms. The molecule has 1 aliphatic rings. The number of aryl methyl sites for hydroxylation is 2. The number of aromatic nitrogens is 4. The predicted molar refractivity (Wildman–Crippen MR) is 151 cm³/mol. The van der Waals surface area contributed by atoms with E-state index in [1.165, 1.54) is 12.4 Å². The third kappa shape index (κ3) is 6.21. The van der Waals surface area contributed by atoms with E-state index in [9.17, 15) is 18.0 Å². The smallest absolute Gasteiger partial charge is 0.379 e. The number of rotatable bonds is 7. The Morgan fingerprint density at radius 3 is 2.51 bits per heavy atom. The average molecular weight is 589 g/mol. The monoisotopic (exact) mass is 588 g/mol. The number of urea groups is 1. The van der Waals surface area contributed by atoms with Crippen molar-refractivity contribution in [3.8, 4) is 11.3 Å². The van der Waals surface area contributed by atoms with E-state index in [0.717, 1.165) is 37.3 Å². The van der Waals surface area contributed by atoms with Crippen LogP contribution in [0, 0.1) is 13.8 Å². The molecule has 4 aromatic rings. The van der Waals surface area contributed by atoms with Crippen LogP contribution in [0.15, 0.2) is 42.7 Å². The summed E-state index contributed by atoms with van der Waals surface area (Å²) < 4.78 is 46.3. The maximum Gasteiger partial charge on any atom is 0.419 e. The average Bonchev–Trinajstić information content (AvgIpc) is 3.28. The summed E-state index contributed by atoms with van der Waals surface area (Å²) in [5, 5.41) is 9.93. The van der Waals surface area contributed by atoms with Gasteiger partial charge in [0.15, 0.2) is 5.65 Å². The fourth-order valence-electron chi connectivity index (χ4n) is 4.80. The molecule has 0 aliphatic carbocycles. The summed E-state index contributed by atoms with van der Waals surface area (Å²) in [5.74, 6) is 0. The van der Waals surface area contributed by atoms with E-state index >= 15 is 0 Å². The molecule has 0 radical (unpaired) electrons. The molecule has 0 unspecified atom stereocenters. The molecule has 10 nitrogen and oxygen atoms in total. The number of hydrogen-bond acceptors (Lipinski definition) is 7. The lowest BCUT2D eigenvalue weighted by Gasteiger charge is -2.26. The molecule has 0 bridgehead atoms. The first-order chi connectivity index (χ1) is 19.6. The van der Waals surface area contributed by atoms with Gasteiger partial charge in [-0.2, -0.15) is 18.0 Å². The number of benzene rings is 2. The van der Waals surface area contributed by atoms with Gasteiger partial charge in [-0.3, -0.25) is 4.90 Å². The first-order valence-corrected chi connectivity index (χ1v) is 13.3. The zero-order chi connectivity index (χ0) is 29.1. The normalized spacial score (nSPS) is 14.3. The predicted octanol–water partition coefficient (Wildman–Crippen LogP) is 5.30. The molecule has 41 heavy (non-hydrogen) atoms. The molecule has 2 amide bonds. The summed E-state index contributed by atoms with van der Waals surface area (Å²) in [5.41, 5.74) is 5.19. The van der Waals surface area contributed by atoms with Crippen molar-refractivity contribution in [3.05, 3.63) is 64.6 Å². The molecule has 14 heteroatoms. The van der Waals surface area contributed by atoms with Gasteiger partial charge in [0.1, 0.15) is 12.0 Å². The van der Waals surface area contributed by atoms with E-state index in [0.29, 0.717) is 53.4 Å². The Hall–Kier alpha value is -3.94. The molecule has 1 aliphatic heterocycles. The van der Waals surface area contributed by atoms with Gasteiger partial charge in [-0.25, -0.2) is 14.8 Å². The maximum atomic E-state index is 13.6. The van der Waals surface area contributed by atoms with Crippen LogP contribution in [0.4, 0.5) is 29.3 Å². The number of nitrogens with one attached hydrogen (secondary N) is 3. The largest absolute Gasteiger partial charge is 0.419 e. The van der Waals surface area contributed by atoms with Crippen LogP contribution in [0.3, 0.4) is 0 Å². The zero-order valence-corrected chi connectivity index (χ0v) is 23.1. The Labute approximate surface area is 238 Å². The summed E-state index contributed by atoms with van der Waals surface area (Å²) >= 11 is 5.81. The molecule has 5 rings (SSSR count). The Balaban J connectivity index is 1.45. The topological polar surface area (TPSA) is 109 Å². The van der Waals surface area contributed by atoms with Crippen molar-refractivity contribution in [2.45, 2.75) is 20.0 Å². The van der Waals surface area contributed by atoms with Crippen molar-refractivity contribution in [1.82, 2.24) is 24.8 Å². The number of fused-ring (bicyclic) bond motifs is 1. The number of carbonyl (C=O) groups excluding carboxylic acids is 1. The van der Waals surface area contributed by atoms with Gasteiger partial charge in [0.25, 0.3) is 0 Å². The quantitative estimate of drug-likeness (QED) is 0.269. The highest BCUT2D eigenvalue weighted by atomic mass is 35.5. The second-order valence-electron chi connectivity index (χ2n) is 9.52. The van der Waals surface area contributed by atoms with Crippen molar-refractivity contribution < 1.29 is 22.7 Å². The van der Waals surface area contributed by atoms with E-state index in [-0.39, 0.29) is 0 Å². The Bertz CT molecular complexity index is 1570. The second kappa shape index (κ2) is 11.9. The van der Waals surface area contributed by atoms with E-state index in [1.54, 1.807) is 16.9 Å². The van der Waals surface area contributed by atoms with Crippen LogP contribution in [0.1, 0.15) is 16.8 Å². The highest BCUT2D eigenvalue weighted by Gasteiger charge is 2.36. The zero-order valence-electron chi connectivity index (χ0n) is 22.3. The van der Waals surface area contributed by atoms with Crippen LogP contribution < -0.4 is 16.1 Å². The number of ether oxygens (including phenoxy) is 1. The molecule has 1 fully saturated rings. The number of amides is 2. The summed E-state index contributed by atoms with van der Waals surface area (Å²) in [6.45, 7) is 8.18. The molecule has 1 saturated heterocycles. The van der Waals surface area contributed by atoms with Crippen LogP contribution in [0.5, 0.6) is 0 Å². The van der Waals surface area contributed by atoms with Crippen molar-refractivity contribution in [3.63, 3.8) is 0 Å². The molecule has 2 aromatic carbocycles. The molecule has 0 saturated carbocycles. The lowest BCUT2D eigenvalue weighted by molar-refractivity contribution is -0.136. The Kier molecular flexibility index (Phi) is 8.29. The lowest BCUT2D eigenvalue weighted by Crippen LogP contribution is -2.40. The second-order valence-corrected chi connectivity index (χ2v) is 9.92. The van der Waals surface area contributed by atoms with Gasteiger partial charge < -0.3 is 20.8 Å². The van der Waals surface area contributed by atoms with Crippen LogP contribution in [-0.2, 0) is 10.9 Å². The minimum absolute atomic E-state index is 0.348. The minimum atomic E-state index is -4.76. The molecule has 0 atom stereocenters. The Morgan fingerprint density at radius 2 is 1.76 bits per heavy atom. The van der Waals surface area contributed by atoms with Gasteiger partial charge in [0.2, 0.25) is 0 Å². The lowest BCUT2D eigenvalue weighted by atomic mass is 10.0. The summed E-state index contributed by atoms with van der Waals surface area (Å²) in [6.07, 6.45) is -3.30. The molecular formula is C27H28ClF3N8O2. The van der Waals surface area contributed by atoms with E-state index in [1.807, 2.05) is 19.9 Å². The fraction of sp³-hybridized carbons (Fsp3) is 0.333. The number of halogens is 4. The number of alkyl halides is 3. The summed E-state index contributed by atoms with van der Waals surface area (Å²) in [7, 11) is 0. The van der Waals surface area contributed by atoms with Gasteiger partial charge in [-0.05, 0) is 37.6 Å². The molecule has 3 N–H and O–H groups in total. The van der Waals surface area contributed by atoms with Crippen molar-refractivity contribution >= 4 is 40.0 Å². The molecule has 3 heterocycles. The fourth-order valence-corrected chi connectivity index (χ4v) is 5.08. The Morgan fingerprint density at radius 1 is 1.05 bits per heavy atom. The van der Waals surface area contributed by atoms with Crippen LogP contribution >= 0.6 is 11.6 Å². The van der Waals surface area contributed by atoms with Crippen LogP contribution in [0.25, 0.3) is 22.3 Å². The maximum absolute atomic E-state index is 13.6. The van der Waals surface area contributed by atoms with Gasteiger partial charge in [0, 0.05) is 31.7 Å². The van der Waals surface area contributed by atoms with Gasteiger partial charge >= 0.3 is 12.2 Å². The third-order valence-corrected chi connectivity index (χ3v) is 7.07. The minimum Gasteiger partial charge on any atom is -0.379 e. The standard InChI is InChI=1S/C27H28ClF3N8O2/c1-16-5-3-7-19(35-26(40)36-20-8-4-6-18(28)23(20)27(29,30)31)21(16)24-22-17(2)32-15-33-25(22)39(37-24)34-9-10-38-11-13-41-14-12-38/h3-8,15,34H,9-14H2,1-2H3,(H2,35,36,40). The van der Waals surface area contributed by atoms with Gasteiger partial charge in [-0.1, -0.05) is 29.8 Å². The first kappa shape index (κ1) is 28.6. The summed E-state index contributed by atoms with van der Waals surface area (Å²) in [6, 6.07) is 7.96. The van der Waals surface area contributed by atoms with Gasteiger partial charge in [0.05, 0.1) is 46.3 Å². The number of morpholine rings is 1. The third-order valence-electron chi connectivity index (χ3n) is 6.75. The van der Waals surface area contributed by atoms with Crippen LogP contribution in [-0.4, -0.2) is 70.2 Å². The van der Waals surface area contributed by atoms with E-state index in [4.69, 9.17) is 21.4 Å². The van der Waals surface area contributed by atoms with Crippen LogP contribution in [0.2, 0.25) is 5.02 Å². The number of anilines is 2. The number of hydrogen-bond donors (Lipinski definition) is 3. The highest BCUT2D eigenvalue weighted by Crippen LogP contribution is 2.40. The van der Waals surface area contributed by atoms with Crippen molar-refractivity contribution in [1.29, 1.82) is 0 Å². The number of nitrogens with zero attached hydrogens (tertiary/aromatic N) is 5. The van der Waals surface area contributed by atoms with E-state index in [2.05, 4.69) is 30.9 Å². The van der Waals surface area contributed by atoms with Crippen molar-refractivity contribution in [2.75, 3.05) is 55.5 Å². The van der Waals surface area contributed by atoms with E-state index < -0.39 is 28.5 Å². The highest BCUT2D eigenvalue weighted by molar-refractivity contribution is 6.32. The molecule has 216 valence electrons.